The van der Waals surface area contributed by atoms with E-state index in [0.717, 1.165) is 30.9 Å². The molecule has 0 saturated carbocycles. The van der Waals surface area contributed by atoms with E-state index < -0.39 is 0 Å². The smallest absolute Gasteiger partial charge is 0.137 e. The third-order valence-electron chi connectivity index (χ3n) is 3.26. The Labute approximate surface area is 95.3 Å². The zero-order valence-corrected chi connectivity index (χ0v) is 9.72. The molecule has 0 spiro atoms. The quantitative estimate of drug-likeness (QED) is 0.726. The van der Waals surface area contributed by atoms with Crippen molar-refractivity contribution in [2.24, 2.45) is 5.92 Å². The van der Waals surface area contributed by atoms with Crippen molar-refractivity contribution in [1.29, 1.82) is 0 Å². The third kappa shape index (κ3) is 1.95. The number of nitrogens with two attached hydrogens (primary N) is 1. The van der Waals surface area contributed by atoms with Crippen LogP contribution in [0.25, 0.3) is 0 Å². The number of aliphatic hydroxyl groups excluding tert-OH is 1. The molecule has 2 rings (SSSR count). The number of rotatable bonds is 1. The summed E-state index contributed by atoms with van der Waals surface area (Å²) in [6, 6.07) is 0. The Morgan fingerprint density at radius 2 is 2.25 bits per heavy atom. The Morgan fingerprint density at radius 3 is 2.94 bits per heavy atom. The number of nitrogens with zero attached hydrogens (tertiary/aromatic N) is 3. The average Bonchev–Trinajstić information content (AvgIpc) is 2.26. The summed E-state index contributed by atoms with van der Waals surface area (Å²) in [6.45, 7) is 5.62. The fourth-order valence-electron chi connectivity index (χ4n) is 2.10. The highest BCUT2D eigenvalue weighted by Crippen LogP contribution is 2.25. The number of hydrogen-bond acceptors (Lipinski definition) is 5. The maximum Gasteiger partial charge on any atom is 0.137 e. The Kier molecular flexibility index (Phi) is 2.96. The molecular weight excluding hydrogens is 204 g/mol. The minimum absolute atomic E-state index is 0.198. The molecule has 1 fully saturated rings. The van der Waals surface area contributed by atoms with Gasteiger partial charge in [0.25, 0.3) is 0 Å². The van der Waals surface area contributed by atoms with Crippen LogP contribution in [0, 0.1) is 12.8 Å². The lowest BCUT2D eigenvalue weighted by Crippen LogP contribution is -2.42. The molecule has 1 saturated heterocycles. The molecule has 3 N–H and O–H groups in total. The number of aromatic nitrogens is 2. The van der Waals surface area contributed by atoms with Crippen molar-refractivity contribution in [3.05, 3.63) is 11.9 Å². The van der Waals surface area contributed by atoms with Crippen molar-refractivity contribution >= 4 is 11.6 Å². The van der Waals surface area contributed by atoms with Crippen LogP contribution in [0.15, 0.2) is 6.33 Å². The van der Waals surface area contributed by atoms with Gasteiger partial charge in [0, 0.05) is 18.7 Å². The molecule has 0 bridgehead atoms. The van der Waals surface area contributed by atoms with Gasteiger partial charge in [0.05, 0.1) is 6.10 Å². The first-order valence-corrected chi connectivity index (χ1v) is 5.59. The normalized spacial score (nSPS) is 25.8. The molecule has 1 aliphatic rings. The molecular formula is C11H18N4O. The SMILES string of the molecule is Cc1c(N)ncnc1N1CCC(O)C(C)C1. The summed E-state index contributed by atoms with van der Waals surface area (Å²) in [5, 5.41) is 9.68. The summed E-state index contributed by atoms with van der Waals surface area (Å²) in [5.41, 5.74) is 6.68. The van der Waals surface area contributed by atoms with E-state index in [-0.39, 0.29) is 12.0 Å². The highest BCUT2D eigenvalue weighted by Gasteiger charge is 2.26. The molecule has 1 aromatic heterocycles. The lowest BCUT2D eigenvalue weighted by atomic mass is 9.96. The van der Waals surface area contributed by atoms with E-state index in [1.807, 2.05) is 6.92 Å². The van der Waals surface area contributed by atoms with Crippen LogP contribution >= 0.6 is 0 Å². The summed E-state index contributed by atoms with van der Waals surface area (Å²) in [6.07, 6.45) is 2.08. The highest BCUT2D eigenvalue weighted by molar-refractivity contribution is 5.55. The number of nitrogen functional groups attached to an aromatic ring is 1. The first-order chi connectivity index (χ1) is 7.59. The highest BCUT2D eigenvalue weighted by atomic mass is 16.3. The summed E-state index contributed by atoms with van der Waals surface area (Å²) < 4.78 is 0. The molecule has 5 nitrogen and oxygen atoms in total. The fourth-order valence-corrected chi connectivity index (χ4v) is 2.10. The molecule has 1 aliphatic heterocycles. The summed E-state index contributed by atoms with van der Waals surface area (Å²) in [7, 11) is 0. The van der Waals surface area contributed by atoms with Crippen molar-refractivity contribution in [3.8, 4) is 0 Å². The maximum atomic E-state index is 9.68. The fraction of sp³-hybridized carbons (Fsp3) is 0.636. The van der Waals surface area contributed by atoms with Crippen LogP contribution in [0.5, 0.6) is 0 Å². The Balaban J connectivity index is 2.22. The van der Waals surface area contributed by atoms with Crippen molar-refractivity contribution in [3.63, 3.8) is 0 Å². The standard InChI is InChI=1S/C11H18N4O/c1-7-5-15(4-3-9(7)16)11-8(2)10(12)13-6-14-11/h6-7,9,16H,3-5H2,1-2H3,(H2,12,13,14). The van der Waals surface area contributed by atoms with E-state index in [4.69, 9.17) is 5.73 Å². The van der Waals surface area contributed by atoms with Gasteiger partial charge in [-0.25, -0.2) is 9.97 Å². The summed E-state index contributed by atoms with van der Waals surface area (Å²) in [4.78, 5) is 10.4. The average molecular weight is 222 g/mol. The van der Waals surface area contributed by atoms with E-state index in [0.29, 0.717) is 5.82 Å². The van der Waals surface area contributed by atoms with Crippen molar-refractivity contribution in [2.75, 3.05) is 23.7 Å². The van der Waals surface area contributed by atoms with Crippen LogP contribution in [-0.4, -0.2) is 34.3 Å². The first-order valence-electron chi connectivity index (χ1n) is 5.59. The van der Waals surface area contributed by atoms with Crippen LogP contribution < -0.4 is 10.6 Å². The van der Waals surface area contributed by atoms with Gasteiger partial charge >= 0.3 is 0 Å². The molecule has 2 unspecified atom stereocenters. The molecule has 0 aromatic carbocycles. The minimum Gasteiger partial charge on any atom is -0.393 e. The maximum absolute atomic E-state index is 9.68. The van der Waals surface area contributed by atoms with Gasteiger partial charge in [-0.2, -0.15) is 0 Å². The van der Waals surface area contributed by atoms with E-state index in [1.54, 1.807) is 0 Å². The van der Waals surface area contributed by atoms with Gasteiger partial charge in [0.15, 0.2) is 0 Å². The van der Waals surface area contributed by atoms with E-state index in [2.05, 4.69) is 21.8 Å². The predicted molar refractivity (Wildman–Crippen MR) is 63.2 cm³/mol. The lowest BCUT2D eigenvalue weighted by molar-refractivity contribution is 0.0968. The molecule has 2 heterocycles. The number of piperidine rings is 1. The van der Waals surface area contributed by atoms with E-state index >= 15 is 0 Å². The van der Waals surface area contributed by atoms with Gasteiger partial charge in [0.2, 0.25) is 0 Å². The molecule has 16 heavy (non-hydrogen) atoms. The van der Waals surface area contributed by atoms with Crippen molar-refractivity contribution in [1.82, 2.24) is 9.97 Å². The second-order valence-corrected chi connectivity index (χ2v) is 4.49. The van der Waals surface area contributed by atoms with Crippen LogP contribution in [0.4, 0.5) is 11.6 Å². The molecule has 5 heteroatoms. The second-order valence-electron chi connectivity index (χ2n) is 4.49. The van der Waals surface area contributed by atoms with Gasteiger partial charge in [-0.15, -0.1) is 0 Å². The molecule has 1 aromatic rings. The van der Waals surface area contributed by atoms with Gasteiger partial charge in [-0.3, -0.25) is 0 Å². The van der Waals surface area contributed by atoms with Crippen LogP contribution in [-0.2, 0) is 0 Å². The van der Waals surface area contributed by atoms with Crippen molar-refractivity contribution < 1.29 is 5.11 Å². The Bertz CT molecular complexity index is 382. The third-order valence-corrected chi connectivity index (χ3v) is 3.26. The summed E-state index contributed by atoms with van der Waals surface area (Å²) >= 11 is 0. The summed E-state index contributed by atoms with van der Waals surface area (Å²) in [5.74, 6) is 1.69. The number of anilines is 2. The van der Waals surface area contributed by atoms with Crippen molar-refractivity contribution in [2.45, 2.75) is 26.4 Å². The Hall–Kier alpha value is -1.36. The number of aliphatic hydroxyl groups is 1. The first kappa shape index (κ1) is 11.1. The lowest BCUT2D eigenvalue weighted by Gasteiger charge is -2.35. The predicted octanol–water partition coefficient (Wildman–Crippen LogP) is 0.574. The van der Waals surface area contributed by atoms with Gasteiger partial charge in [-0.05, 0) is 19.3 Å². The molecule has 0 aliphatic carbocycles. The zero-order valence-electron chi connectivity index (χ0n) is 9.72. The van der Waals surface area contributed by atoms with Crippen LogP contribution in [0.1, 0.15) is 18.9 Å². The van der Waals surface area contributed by atoms with Gasteiger partial charge < -0.3 is 15.7 Å². The topological polar surface area (TPSA) is 75.3 Å². The largest absolute Gasteiger partial charge is 0.393 e. The van der Waals surface area contributed by atoms with E-state index in [1.165, 1.54) is 6.33 Å². The Morgan fingerprint density at radius 1 is 1.50 bits per heavy atom. The number of hydrogen-bond donors (Lipinski definition) is 2. The van der Waals surface area contributed by atoms with Gasteiger partial charge in [0.1, 0.15) is 18.0 Å². The minimum atomic E-state index is -0.198. The molecule has 0 radical (unpaired) electrons. The zero-order chi connectivity index (χ0) is 11.7. The van der Waals surface area contributed by atoms with Gasteiger partial charge in [-0.1, -0.05) is 6.92 Å². The van der Waals surface area contributed by atoms with Crippen LogP contribution in [0.3, 0.4) is 0 Å². The molecule has 0 amide bonds. The monoisotopic (exact) mass is 222 g/mol. The van der Waals surface area contributed by atoms with Crippen LogP contribution in [0.2, 0.25) is 0 Å². The molecule has 88 valence electrons. The van der Waals surface area contributed by atoms with E-state index in [9.17, 15) is 5.11 Å². The molecule has 2 atom stereocenters. The second kappa shape index (κ2) is 4.25.